The van der Waals surface area contributed by atoms with Gasteiger partial charge < -0.3 is 14.9 Å². The number of rotatable bonds is 2. The van der Waals surface area contributed by atoms with Gasteiger partial charge in [0.15, 0.2) is 11.4 Å². The van der Waals surface area contributed by atoms with E-state index in [1.165, 1.54) is 12.8 Å². The zero-order valence-corrected chi connectivity index (χ0v) is 10.9. The third kappa shape index (κ3) is 2.17. The van der Waals surface area contributed by atoms with Crippen molar-refractivity contribution in [3.05, 3.63) is 11.7 Å². The van der Waals surface area contributed by atoms with Gasteiger partial charge in [0, 0.05) is 12.5 Å². The first-order valence-electron chi connectivity index (χ1n) is 6.94. The van der Waals surface area contributed by atoms with E-state index in [1.54, 1.807) is 0 Å². The van der Waals surface area contributed by atoms with Crippen molar-refractivity contribution < 1.29 is 9.63 Å². The number of hydrogen-bond donors (Lipinski definition) is 2. The van der Waals surface area contributed by atoms with Crippen molar-refractivity contribution in [2.75, 3.05) is 13.1 Å². The second-order valence-corrected chi connectivity index (χ2v) is 5.87. The van der Waals surface area contributed by atoms with E-state index in [1.807, 2.05) is 0 Å². The number of aromatic nitrogens is 2. The molecule has 0 spiro atoms. The maximum atomic E-state index is 10.4. The summed E-state index contributed by atoms with van der Waals surface area (Å²) < 4.78 is 5.28. The highest BCUT2D eigenvalue weighted by molar-refractivity contribution is 5.06. The van der Waals surface area contributed by atoms with E-state index in [9.17, 15) is 5.11 Å². The van der Waals surface area contributed by atoms with Gasteiger partial charge in [-0.25, -0.2) is 0 Å². The van der Waals surface area contributed by atoms with Gasteiger partial charge in [-0.2, -0.15) is 4.98 Å². The van der Waals surface area contributed by atoms with Crippen LogP contribution < -0.4 is 5.32 Å². The summed E-state index contributed by atoms with van der Waals surface area (Å²) in [6.07, 6.45) is 5.39. The molecule has 2 fully saturated rings. The molecule has 2 aliphatic rings. The molecule has 0 amide bonds. The molecular weight excluding hydrogens is 230 g/mol. The van der Waals surface area contributed by atoms with Crippen molar-refractivity contribution in [2.24, 2.45) is 5.92 Å². The predicted molar refractivity (Wildman–Crippen MR) is 66.1 cm³/mol. The third-order valence-electron chi connectivity index (χ3n) is 4.35. The minimum atomic E-state index is -0.951. The molecule has 1 aromatic heterocycles. The molecule has 1 saturated carbocycles. The lowest BCUT2D eigenvalue weighted by molar-refractivity contribution is 0.0243. The fourth-order valence-corrected chi connectivity index (χ4v) is 2.97. The van der Waals surface area contributed by atoms with Crippen LogP contribution in [-0.2, 0) is 5.60 Å². The Morgan fingerprint density at radius 2 is 2.11 bits per heavy atom. The molecule has 5 heteroatoms. The van der Waals surface area contributed by atoms with Gasteiger partial charge in [-0.05, 0) is 31.7 Å². The van der Waals surface area contributed by atoms with Gasteiger partial charge in [0.2, 0.25) is 0 Å². The van der Waals surface area contributed by atoms with Gasteiger partial charge in [-0.1, -0.05) is 24.9 Å². The van der Waals surface area contributed by atoms with Crippen molar-refractivity contribution in [2.45, 2.75) is 50.5 Å². The van der Waals surface area contributed by atoms with Gasteiger partial charge in [-0.15, -0.1) is 0 Å². The van der Waals surface area contributed by atoms with E-state index < -0.39 is 5.60 Å². The lowest BCUT2D eigenvalue weighted by Crippen LogP contribution is -2.28. The predicted octanol–water partition coefficient (Wildman–Crippen LogP) is 1.54. The Bertz CT molecular complexity index is 404. The fraction of sp³-hybridized carbons (Fsp3) is 0.846. The van der Waals surface area contributed by atoms with E-state index >= 15 is 0 Å². The van der Waals surface area contributed by atoms with Crippen LogP contribution in [0, 0.1) is 5.92 Å². The molecule has 100 valence electrons. The third-order valence-corrected chi connectivity index (χ3v) is 4.35. The van der Waals surface area contributed by atoms with Crippen LogP contribution in [0.5, 0.6) is 0 Å². The molecule has 1 atom stereocenters. The molecule has 0 bridgehead atoms. The summed E-state index contributed by atoms with van der Waals surface area (Å²) in [6.45, 7) is 3.61. The van der Waals surface area contributed by atoms with Gasteiger partial charge in [-0.3, -0.25) is 0 Å². The van der Waals surface area contributed by atoms with Crippen LogP contribution in [0.1, 0.15) is 56.7 Å². The molecule has 18 heavy (non-hydrogen) atoms. The number of nitrogens with zero attached hydrogens (tertiary/aromatic N) is 2. The van der Waals surface area contributed by atoms with E-state index in [2.05, 4.69) is 22.4 Å². The van der Waals surface area contributed by atoms with Crippen LogP contribution >= 0.6 is 0 Å². The summed E-state index contributed by atoms with van der Waals surface area (Å²) in [6, 6.07) is 0. The van der Waals surface area contributed by atoms with E-state index in [-0.39, 0.29) is 0 Å². The second-order valence-electron chi connectivity index (χ2n) is 5.87. The van der Waals surface area contributed by atoms with Crippen LogP contribution in [0.15, 0.2) is 4.52 Å². The summed E-state index contributed by atoms with van der Waals surface area (Å²) in [5, 5.41) is 17.6. The first-order valence-corrected chi connectivity index (χ1v) is 6.94. The Balaban J connectivity index is 1.73. The number of nitrogens with one attached hydrogen (secondary N) is 1. The summed E-state index contributed by atoms with van der Waals surface area (Å²) >= 11 is 0. The van der Waals surface area contributed by atoms with Crippen molar-refractivity contribution in [1.29, 1.82) is 0 Å². The molecule has 0 radical (unpaired) electrons. The number of aliphatic hydroxyl groups is 1. The van der Waals surface area contributed by atoms with Crippen LogP contribution in [0.2, 0.25) is 0 Å². The van der Waals surface area contributed by atoms with Gasteiger partial charge in [0.05, 0.1) is 0 Å². The summed E-state index contributed by atoms with van der Waals surface area (Å²) in [5.74, 6) is 2.41. The SMILES string of the molecule is CC1CCC(c2noc(C3(O)CCNC3)n2)CC1. The summed E-state index contributed by atoms with van der Waals surface area (Å²) in [5.41, 5.74) is -0.951. The second kappa shape index (κ2) is 4.63. The van der Waals surface area contributed by atoms with Crippen LogP contribution in [-0.4, -0.2) is 28.3 Å². The normalized spacial score (nSPS) is 37.0. The quantitative estimate of drug-likeness (QED) is 0.834. The Morgan fingerprint density at radius 3 is 2.78 bits per heavy atom. The molecule has 1 unspecified atom stereocenters. The highest BCUT2D eigenvalue weighted by Gasteiger charge is 2.39. The van der Waals surface area contributed by atoms with Gasteiger partial charge in [0.25, 0.3) is 5.89 Å². The summed E-state index contributed by atoms with van der Waals surface area (Å²) in [7, 11) is 0. The Morgan fingerprint density at radius 1 is 1.33 bits per heavy atom. The fourth-order valence-electron chi connectivity index (χ4n) is 2.97. The van der Waals surface area contributed by atoms with Gasteiger partial charge >= 0.3 is 0 Å². The molecule has 1 aliphatic heterocycles. The largest absolute Gasteiger partial charge is 0.379 e. The number of β-amino-alcohol motifs (C(OH)–C–C–N with tert-alkyl or cyclic N) is 1. The zero-order chi connectivity index (χ0) is 12.6. The smallest absolute Gasteiger partial charge is 0.259 e. The van der Waals surface area contributed by atoms with Crippen LogP contribution in [0.4, 0.5) is 0 Å². The lowest BCUT2D eigenvalue weighted by atomic mass is 9.83. The van der Waals surface area contributed by atoms with Gasteiger partial charge in [0.1, 0.15) is 0 Å². The minimum Gasteiger partial charge on any atom is -0.379 e. The highest BCUT2D eigenvalue weighted by atomic mass is 16.5. The van der Waals surface area contributed by atoms with Crippen LogP contribution in [0.3, 0.4) is 0 Å². The van der Waals surface area contributed by atoms with Crippen LogP contribution in [0.25, 0.3) is 0 Å². The Hall–Kier alpha value is -0.940. The molecule has 3 rings (SSSR count). The van der Waals surface area contributed by atoms with Crippen molar-refractivity contribution in [1.82, 2.24) is 15.5 Å². The van der Waals surface area contributed by atoms with E-state index in [0.29, 0.717) is 24.8 Å². The van der Waals surface area contributed by atoms with Crippen molar-refractivity contribution in [3.8, 4) is 0 Å². The van der Waals surface area contributed by atoms with E-state index in [0.717, 1.165) is 31.1 Å². The monoisotopic (exact) mass is 251 g/mol. The molecule has 5 nitrogen and oxygen atoms in total. The molecule has 1 aromatic rings. The molecule has 1 aliphatic carbocycles. The average Bonchev–Trinajstić information content (AvgIpc) is 2.99. The lowest BCUT2D eigenvalue weighted by Gasteiger charge is -2.23. The maximum absolute atomic E-state index is 10.4. The molecule has 2 heterocycles. The Kier molecular flexibility index (Phi) is 3.11. The van der Waals surface area contributed by atoms with E-state index in [4.69, 9.17) is 4.52 Å². The maximum Gasteiger partial charge on any atom is 0.259 e. The highest BCUT2D eigenvalue weighted by Crippen LogP contribution is 2.35. The topological polar surface area (TPSA) is 71.2 Å². The zero-order valence-electron chi connectivity index (χ0n) is 10.9. The first-order chi connectivity index (χ1) is 8.67. The standard InChI is InChI=1S/C13H21N3O2/c1-9-2-4-10(5-3-9)11-15-12(18-16-11)13(17)6-7-14-8-13/h9-10,14,17H,2-8H2,1H3. The average molecular weight is 251 g/mol. The molecular formula is C13H21N3O2. The molecule has 0 aromatic carbocycles. The first kappa shape index (κ1) is 12.1. The van der Waals surface area contributed by atoms with Crippen molar-refractivity contribution >= 4 is 0 Å². The Labute approximate surface area is 107 Å². The number of hydrogen-bond acceptors (Lipinski definition) is 5. The van der Waals surface area contributed by atoms with Crippen molar-refractivity contribution in [3.63, 3.8) is 0 Å². The molecule has 2 N–H and O–H groups in total. The summed E-state index contributed by atoms with van der Waals surface area (Å²) in [4.78, 5) is 4.44. The minimum absolute atomic E-state index is 0.390. The molecule has 1 saturated heterocycles.